The van der Waals surface area contributed by atoms with Crippen LogP contribution >= 0.6 is 0 Å². The Morgan fingerprint density at radius 1 is 0.923 bits per heavy atom. The summed E-state index contributed by atoms with van der Waals surface area (Å²) in [6.45, 7) is 2.46. The van der Waals surface area contributed by atoms with Crippen LogP contribution in [0.4, 0.5) is 11.4 Å². The number of rotatable bonds is 10. The van der Waals surface area contributed by atoms with Gasteiger partial charge in [0, 0.05) is 32.9 Å². The lowest BCUT2D eigenvalue weighted by molar-refractivity contribution is 0.102. The lowest BCUT2D eigenvalue weighted by Crippen LogP contribution is -2.31. The summed E-state index contributed by atoms with van der Waals surface area (Å²) in [4.78, 5) is 14.8. The first-order valence-electron chi connectivity index (χ1n) is 8.47. The normalized spacial score (nSPS) is 10.4. The van der Waals surface area contributed by atoms with Gasteiger partial charge >= 0.3 is 0 Å². The molecule has 6 nitrogen and oxygen atoms in total. The van der Waals surface area contributed by atoms with Gasteiger partial charge in [0.1, 0.15) is 11.4 Å². The molecule has 0 aliphatic rings. The Morgan fingerprint density at radius 3 is 2.15 bits per heavy atom. The minimum absolute atomic E-state index is 0.185. The van der Waals surface area contributed by atoms with Crippen molar-refractivity contribution in [3.63, 3.8) is 0 Å². The van der Waals surface area contributed by atoms with Crippen LogP contribution in [0.5, 0.6) is 5.75 Å². The zero-order valence-electron chi connectivity index (χ0n) is 15.5. The second kappa shape index (κ2) is 10.4. The molecule has 0 heterocycles. The smallest absolute Gasteiger partial charge is 0.255 e. The predicted molar refractivity (Wildman–Crippen MR) is 103 cm³/mol. The van der Waals surface area contributed by atoms with Gasteiger partial charge in [-0.25, -0.2) is 0 Å². The van der Waals surface area contributed by atoms with Gasteiger partial charge < -0.3 is 24.4 Å². The minimum atomic E-state index is -0.185. The summed E-state index contributed by atoms with van der Waals surface area (Å²) < 4.78 is 15.9. The number of benzene rings is 2. The molecular weight excluding hydrogens is 332 g/mol. The molecule has 0 saturated heterocycles. The Hall–Kier alpha value is -2.57. The van der Waals surface area contributed by atoms with Crippen molar-refractivity contribution >= 4 is 17.3 Å². The fourth-order valence-corrected chi connectivity index (χ4v) is 2.61. The van der Waals surface area contributed by atoms with Crippen LogP contribution < -0.4 is 15.0 Å². The van der Waals surface area contributed by atoms with Crippen molar-refractivity contribution in [3.05, 3.63) is 54.1 Å². The van der Waals surface area contributed by atoms with Crippen LogP contribution in [0.3, 0.4) is 0 Å². The molecule has 0 aromatic heterocycles. The maximum atomic E-state index is 12.7. The molecular formula is C20H26N2O4. The summed E-state index contributed by atoms with van der Waals surface area (Å²) in [5.41, 5.74) is 2.09. The van der Waals surface area contributed by atoms with Gasteiger partial charge in [-0.2, -0.15) is 0 Å². The number of carbonyl (C=O) groups excluding carboxylic acids is 1. The van der Waals surface area contributed by atoms with Gasteiger partial charge in [-0.15, -0.1) is 0 Å². The van der Waals surface area contributed by atoms with E-state index in [4.69, 9.17) is 14.2 Å². The van der Waals surface area contributed by atoms with E-state index in [9.17, 15) is 4.79 Å². The van der Waals surface area contributed by atoms with E-state index >= 15 is 0 Å². The number of amides is 1. The van der Waals surface area contributed by atoms with Gasteiger partial charge in [0.25, 0.3) is 5.91 Å². The summed E-state index contributed by atoms with van der Waals surface area (Å²) in [7, 11) is 4.92. The zero-order valence-corrected chi connectivity index (χ0v) is 15.5. The maximum Gasteiger partial charge on any atom is 0.255 e. The number of para-hydroxylation sites is 1. The summed E-state index contributed by atoms with van der Waals surface area (Å²) in [5, 5.41) is 2.99. The van der Waals surface area contributed by atoms with Gasteiger partial charge in [-0.05, 0) is 24.3 Å². The van der Waals surface area contributed by atoms with Gasteiger partial charge in [0.2, 0.25) is 0 Å². The number of carbonyl (C=O) groups is 1. The van der Waals surface area contributed by atoms with E-state index in [1.165, 1.54) is 0 Å². The molecule has 0 aliphatic heterocycles. The van der Waals surface area contributed by atoms with Gasteiger partial charge in [0.15, 0.2) is 0 Å². The molecule has 0 unspecified atom stereocenters. The molecule has 0 spiro atoms. The highest BCUT2D eigenvalue weighted by Crippen LogP contribution is 2.35. The molecule has 2 rings (SSSR count). The number of ether oxygens (including phenoxy) is 3. The molecule has 1 amide bonds. The summed E-state index contributed by atoms with van der Waals surface area (Å²) >= 11 is 0. The van der Waals surface area contributed by atoms with Crippen molar-refractivity contribution in [2.24, 2.45) is 0 Å². The molecule has 0 aliphatic carbocycles. The molecule has 1 N–H and O–H groups in total. The Bertz CT molecular complexity index is 683. The Morgan fingerprint density at radius 2 is 1.58 bits per heavy atom. The fraction of sp³-hybridized carbons (Fsp3) is 0.350. The number of methoxy groups -OCH3 is 3. The lowest BCUT2D eigenvalue weighted by Gasteiger charge is -2.27. The molecule has 140 valence electrons. The highest BCUT2D eigenvalue weighted by molar-refractivity contribution is 6.07. The van der Waals surface area contributed by atoms with Gasteiger partial charge in [0.05, 0.1) is 26.0 Å². The average Bonchev–Trinajstić information content (AvgIpc) is 2.69. The molecule has 2 aromatic rings. The maximum absolute atomic E-state index is 12.7. The zero-order chi connectivity index (χ0) is 18.8. The molecule has 0 fully saturated rings. The van der Waals surface area contributed by atoms with E-state index in [-0.39, 0.29) is 5.91 Å². The Labute approximate surface area is 154 Å². The third-order valence-corrected chi connectivity index (χ3v) is 3.97. The first-order chi connectivity index (χ1) is 12.7. The fourth-order valence-electron chi connectivity index (χ4n) is 2.61. The lowest BCUT2D eigenvalue weighted by atomic mass is 10.1. The van der Waals surface area contributed by atoms with Crippen LogP contribution in [-0.4, -0.2) is 53.5 Å². The highest BCUT2D eigenvalue weighted by Gasteiger charge is 2.18. The number of hydrogen-bond donors (Lipinski definition) is 1. The Kier molecular flexibility index (Phi) is 7.92. The van der Waals surface area contributed by atoms with Crippen LogP contribution in [0.25, 0.3) is 0 Å². The van der Waals surface area contributed by atoms with Gasteiger partial charge in [-0.1, -0.05) is 24.3 Å². The molecule has 0 bridgehead atoms. The van der Waals surface area contributed by atoms with E-state index < -0.39 is 0 Å². The van der Waals surface area contributed by atoms with Crippen LogP contribution in [0.2, 0.25) is 0 Å². The van der Waals surface area contributed by atoms with Crippen molar-refractivity contribution in [1.82, 2.24) is 0 Å². The summed E-state index contributed by atoms with van der Waals surface area (Å²) in [6, 6.07) is 14.8. The van der Waals surface area contributed by atoms with E-state index in [1.807, 2.05) is 36.4 Å². The molecule has 26 heavy (non-hydrogen) atoms. The third-order valence-electron chi connectivity index (χ3n) is 3.97. The topological polar surface area (TPSA) is 60.0 Å². The number of anilines is 2. The predicted octanol–water partition coefficient (Wildman–Crippen LogP) is 3.05. The van der Waals surface area contributed by atoms with Crippen molar-refractivity contribution in [3.8, 4) is 5.75 Å². The monoisotopic (exact) mass is 358 g/mol. The van der Waals surface area contributed by atoms with Crippen LogP contribution in [-0.2, 0) is 9.47 Å². The first-order valence-corrected chi connectivity index (χ1v) is 8.47. The van der Waals surface area contributed by atoms with E-state index in [1.54, 1.807) is 33.5 Å². The summed E-state index contributed by atoms with van der Waals surface area (Å²) in [6.07, 6.45) is 0. The molecule has 2 aromatic carbocycles. The second-order valence-corrected chi connectivity index (χ2v) is 5.65. The van der Waals surface area contributed by atoms with Crippen molar-refractivity contribution < 1.29 is 19.0 Å². The summed E-state index contributed by atoms with van der Waals surface area (Å²) in [5.74, 6) is 0.418. The number of hydrogen-bond acceptors (Lipinski definition) is 5. The molecule has 0 radical (unpaired) electrons. The van der Waals surface area contributed by atoms with Crippen molar-refractivity contribution in [2.45, 2.75) is 0 Å². The van der Waals surface area contributed by atoms with Crippen molar-refractivity contribution in [2.75, 3.05) is 57.8 Å². The van der Waals surface area contributed by atoms with Gasteiger partial charge in [-0.3, -0.25) is 4.79 Å². The van der Waals surface area contributed by atoms with Crippen LogP contribution in [0.1, 0.15) is 10.4 Å². The minimum Gasteiger partial charge on any atom is -0.494 e. The third kappa shape index (κ3) is 5.21. The second-order valence-electron chi connectivity index (χ2n) is 5.65. The first kappa shape index (κ1) is 19.8. The quantitative estimate of drug-likeness (QED) is 0.707. The van der Waals surface area contributed by atoms with Crippen LogP contribution in [0, 0.1) is 0 Å². The Balaban J connectivity index is 2.34. The SMILES string of the molecule is COCCN(CCOC)c1cccc(OC)c1NC(=O)c1ccccc1. The van der Waals surface area contributed by atoms with E-state index in [0.29, 0.717) is 43.3 Å². The highest BCUT2D eigenvalue weighted by atomic mass is 16.5. The van der Waals surface area contributed by atoms with Crippen molar-refractivity contribution in [1.29, 1.82) is 0 Å². The largest absolute Gasteiger partial charge is 0.494 e. The number of nitrogens with one attached hydrogen (secondary N) is 1. The van der Waals surface area contributed by atoms with E-state index in [0.717, 1.165) is 5.69 Å². The average molecular weight is 358 g/mol. The van der Waals surface area contributed by atoms with Crippen LogP contribution in [0.15, 0.2) is 48.5 Å². The standard InChI is InChI=1S/C20H26N2O4/c1-24-14-12-22(13-15-25-2)17-10-7-11-18(26-3)19(17)21-20(23)16-8-5-4-6-9-16/h4-11H,12-15H2,1-3H3,(H,21,23). The molecule has 0 atom stereocenters. The molecule has 0 saturated carbocycles. The van der Waals surface area contributed by atoms with E-state index in [2.05, 4.69) is 10.2 Å². The number of nitrogens with zero attached hydrogens (tertiary/aromatic N) is 1. The molecule has 6 heteroatoms.